The largest absolute Gasteiger partial charge is 0.454 e. The van der Waals surface area contributed by atoms with Crippen LogP contribution in [0.25, 0.3) is 0 Å². The van der Waals surface area contributed by atoms with E-state index in [0.717, 1.165) is 0 Å². The molecule has 0 aromatic carbocycles. The Morgan fingerprint density at radius 3 is 2.47 bits per heavy atom. The lowest BCUT2D eigenvalue weighted by molar-refractivity contribution is -0.284. The Morgan fingerprint density at radius 2 is 1.97 bits per heavy atom. The van der Waals surface area contributed by atoms with Gasteiger partial charge in [0, 0.05) is 0 Å². The van der Waals surface area contributed by atoms with E-state index in [1.165, 1.54) is 11.8 Å². The number of carbonyl (C=O) groups excluding carboxylic acids is 1. The average Bonchev–Trinajstić information content (AvgIpc) is 3.00. The van der Waals surface area contributed by atoms with Gasteiger partial charge in [-0.2, -0.15) is 13.2 Å². The monoisotopic (exact) mass is 436 g/mol. The first kappa shape index (κ1) is 20.9. The molecule has 1 unspecified atom stereocenters. The number of ether oxygens (including phenoxy) is 1. The summed E-state index contributed by atoms with van der Waals surface area (Å²) in [6, 6.07) is -3.27. The van der Waals surface area contributed by atoms with Crippen LogP contribution in [0.15, 0.2) is 9.98 Å². The number of aliphatic hydroxyl groups is 3. The summed E-state index contributed by atoms with van der Waals surface area (Å²) in [6.07, 6.45) is -7.37. The predicted molar refractivity (Wildman–Crippen MR) is 94.5 cm³/mol. The molecule has 1 spiro atoms. The highest BCUT2D eigenvalue weighted by Gasteiger charge is 2.77. The maximum Gasteiger partial charge on any atom is 0.404 e. The highest BCUT2D eigenvalue weighted by atomic mass is 19.4. The fraction of sp³-hybridized carbons (Fsp3) is 0.812. The molecule has 168 valence electrons. The maximum atomic E-state index is 13.5. The standard InChI is InChI=1S/C16H23F3N6O5/c1-6-9(30-10(27)13(3-2-4-13)16(17,18)19)15(28,29)14-8(23-11(20)24-14)7(5-26)22-12(21)25(6)14/h6-9,26,28-29H,2-5H2,1H3,(H2,21,22)(H3,20,23,24)/t6-,7-,8?,9-,14-/m0/s1. The van der Waals surface area contributed by atoms with Crippen molar-refractivity contribution >= 4 is 17.9 Å². The summed E-state index contributed by atoms with van der Waals surface area (Å²) in [7, 11) is 0. The summed E-state index contributed by atoms with van der Waals surface area (Å²) in [6.45, 7) is 0.829. The van der Waals surface area contributed by atoms with Gasteiger partial charge in [0.25, 0.3) is 0 Å². The molecule has 3 heterocycles. The van der Waals surface area contributed by atoms with Crippen molar-refractivity contribution in [1.29, 1.82) is 0 Å². The lowest BCUT2D eigenvalue weighted by Crippen LogP contribution is -2.77. The highest BCUT2D eigenvalue weighted by molar-refractivity contribution is 5.88. The van der Waals surface area contributed by atoms with Gasteiger partial charge in [0.05, 0.1) is 12.6 Å². The smallest absolute Gasteiger partial charge is 0.404 e. The van der Waals surface area contributed by atoms with Gasteiger partial charge in [-0.15, -0.1) is 0 Å². The van der Waals surface area contributed by atoms with Gasteiger partial charge in [-0.05, 0) is 19.8 Å². The average molecular weight is 436 g/mol. The van der Waals surface area contributed by atoms with Crippen LogP contribution in [0.5, 0.6) is 0 Å². The molecule has 1 saturated carbocycles. The lowest BCUT2D eigenvalue weighted by atomic mass is 9.68. The topological polar surface area (TPSA) is 179 Å². The normalized spacial score (nSPS) is 38.6. The molecule has 0 aromatic heterocycles. The van der Waals surface area contributed by atoms with Crippen molar-refractivity contribution in [2.24, 2.45) is 26.9 Å². The lowest BCUT2D eigenvalue weighted by Gasteiger charge is -2.49. The molecular weight excluding hydrogens is 413 g/mol. The Labute approximate surface area is 168 Å². The molecule has 0 amide bonds. The van der Waals surface area contributed by atoms with Crippen molar-refractivity contribution in [3.63, 3.8) is 0 Å². The fourth-order valence-corrected chi connectivity index (χ4v) is 4.98. The SMILES string of the molecule is C[C@H]1[C@H](OC(=O)C2(C(F)(F)F)CCC2)C(O)(O)[C@]23NC(N)=NC2[C@H](CO)N=C(N)N13. The van der Waals surface area contributed by atoms with Crippen LogP contribution in [-0.2, 0) is 9.53 Å². The number of hydrogen-bond acceptors (Lipinski definition) is 11. The van der Waals surface area contributed by atoms with E-state index in [1.54, 1.807) is 0 Å². The Morgan fingerprint density at radius 1 is 1.33 bits per heavy atom. The van der Waals surface area contributed by atoms with E-state index in [4.69, 9.17) is 16.2 Å². The van der Waals surface area contributed by atoms with Crippen molar-refractivity contribution in [2.45, 2.75) is 68.0 Å². The number of aliphatic hydroxyl groups excluding tert-OH is 1. The van der Waals surface area contributed by atoms with Crippen molar-refractivity contribution in [2.75, 3.05) is 6.61 Å². The van der Waals surface area contributed by atoms with Crippen LogP contribution in [0.2, 0.25) is 0 Å². The second-order valence-corrected chi connectivity index (χ2v) is 8.18. The van der Waals surface area contributed by atoms with E-state index in [0.29, 0.717) is 0 Å². The third-order valence-corrected chi connectivity index (χ3v) is 6.68. The van der Waals surface area contributed by atoms with Gasteiger partial charge < -0.3 is 41.7 Å². The number of halogens is 3. The van der Waals surface area contributed by atoms with Crippen LogP contribution in [-0.4, -0.2) is 86.6 Å². The first-order valence-corrected chi connectivity index (χ1v) is 9.41. The number of nitrogens with zero attached hydrogens (tertiary/aromatic N) is 3. The van der Waals surface area contributed by atoms with E-state index >= 15 is 0 Å². The van der Waals surface area contributed by atoms with Crippen LogP contribution >= 0.6 is 0 Å². The number of guanidine groups is 2. The second-order valence-electron chi connectivity index (χ2n) is 8.18. The summed E-state index contributed by atoms with van der Waals surface area (Å²) < 4.78 is 45.7. The quantitative estimate of drug-likeness (QED) is 0.209. The fourth-order valence-electron chi connectivity index (χ4n) is 4.98. The molecule has 3 aliphatic heterocycles. The predicted octanol–water partition coefficient (Wildman–Crippen LogP) is -2.31. The summed E-state index contributed by atoms with van der Waals surface area (Å²) in [5.41, 5.74) is 7.03. The molecule has 11 nitrogen and oxygen atoms in total. The number of carbonyl (C=O) groups is 1. The van der Waals surface area contributed by atoms with E-state index in [2.05, 4.69) is 15.3 Å². The summed E-state index contributed by atoms with van der Waals surface area (Å²) in [4.78, 5) is 21.9. The Bertz CT molecular complexity index is 829. The van der Waals surface area contributed by atoms with Crippen molar-refractivity contribution in [3.8, 4) is 0 Å². The van der Waals surface area contributed by atoms with Crippen LogP contribution < -0.4 is 16.8 Å². The van der Waals surface area contributed by atoms with Crippen molar-refractivity contribution in [1.82, 2.24) is 10.2 Å². The van der Waals surface area contributed by atoms with Gasteiger partial charge in [-0.25, -0.2) is 9.98 Å². The van der Waals surface area contributed by atoms with Gasteiger partial charge >= 0.3 is 12.1 Å². The van der Waals surface area contributed by atoms with E-state index < -0.39 is 72.7 Å². The van der Waals surface area contributed by atoms with Gasteiger partial charge in [0.15, 0.2) is 29.1 Å². The molecule has 4 aliphatic rings. The zero-order valence-corrected chi connectivity index (χ0v) is 15.9. The van der Waals surface area contributed by atoms with Crippen LogP contribution in [0.1, 0.15) is 26.2 Å². The molecule has 30 heavy (non-hydrogen) atoms. The molecule has 0 aromatic rings. The molecule has 2 fully saturated rings. The number of esters is 1. The number of nitrogens with two attached hydrogens (primary N) is 2. The summed E-state index contributed by atoms with van der Waals surface area (Å²) in [5.74, 6) is -5.01. The zero-order valence-electron chi connectivity index (χ0n) is 15.9. The summed E-state index contributed by atoms with van der Waals surface area (Å²) in [5, 5.41) is 34.5. The molecule has 4 rings (SSSR count). The number of aliphatic imine (C=N–C) groups is 2. The zero-order chi connectivity index (χ0) is 22.3. The number of nitrogens with one attached hydrogen (secondary N) is 1. The second kappa shape index (κ2) is 6.11. The molecule has 0 bridgehead atoms. The summed E-state index contributed by atoms with van der Waals surface area (Å²) >= 11 is 0. The van der Waals surface area contributed by atoms with E-state index in [-0.39, 0.29) is 18.3 Å². The maximum absolute atomic E-state index is 13.5. The Hall–Kier alpha value is -2.32. The van der Waals surface area contributed by atoms with E-state index in [1.807, 2.05) is 0 Å². The first-order chi connectivity index (χ1) is 13.8. The van der Waals surface area contributed by atoms with Gasteiger partial charge in [-0.3, -0.25) is 4.79 Å². The van der Waals surface area contributed by atoms with Crippen LogP contribution in [0, 0.1) is 5.41 Å². The molecular formula is C16H23F3N6O5. The molecule has 5 atom stereocenters. The third kappa shape index (κ3) is 2.29. The van der Waals surface area contributed by atoms with Gasteiger partial charge in [0.2, 0.25) is 5.79 Å². The third-order valence-electron chi connectivity index (χ3n) is 6.68. The Balaban J connectivity index is 1.73. The molecule has 8 N–H and O–H groups in total. The minimum absolute atomic E-state index is 0.195. The number of alkyl halides is 3. The van der Waals surface area contributed by atoms with E-state index in [9.17, 15) is 33.3 Å². The molecule has 1 aliphatic carbocycles. The van der Waals surface area contributed by atoms with Crippen LogP contribution in [0.3, 0.4) is 0 Å². The van der Waals surface area contributed by atoms with Crippen molar-refractivity contribution in [3.05, 3.63) is 0 Å². The Kier molecular flexibility index (Phi) is 4.26. The number of hydrogen-bond donors (Lipinski definition) is 6. The molecule has 1 saturated heterocycles. The minimum Gasteiger partial charge on any atom is -0.454 e. The molecule has 0 radical (unpaired) electrons. The number of rotatable bonds is 3. The van der Waals surface area contributed by atoms with Crippen molar-refractivity contribution < 1.29 is 38.0 Å². The van der Waals surface area contributed by atoms with Gasteiger partial charge in [-0.1, -0.05) is 6.42 Å². The highest BCUT2D eigenvalue weighted by Crippen LogP contribution is 2.55. The minimum atomic E-state index is -4.84. The van der Waals surface area contributed by atoms with Gasteiger partial charge in [0.1, 0.15) is 12.1 Å². The first-order valence-electron chi connectivity index (χ1n) is 9.41. The molecule has 14 heteroatoms. The van der Waals surface area contributed by atoms with Crippen LogP contribution in [0.4, 0.5) is 13.2 Å².